The highest BCUT2D eigenvalue weighted by atomic mass is 79.9. The van der Waals surface area contributed by atoms with Gasteiger partial charge in [-0.3, -0.25) is 9.10 Å². The van der Waals surface area contributed by atoms with Crippen LogP contribution >= 0.6 is 15.9 Å². The van der Waals surface area contributed by atoms with Gasteiger partial charge in [-0.2, -0.15) is 0 Å². The predicted octanol–water partition coefficient (Wildman–Crippen LogP) is 3.74. The number of nitrogens with zero attached hydrogens (tertiary/aromatic N) is 1. The zero-order chi connectivity index (χ0) is 21.8. The fraction of sp³-hybridized carbons (Fsp3) is 0.350. The summed E-state index contributed by atoms with van der Waals surface area (Å²) in [5, 5.41) is 2.91. The molecule has 0 bridgehead atoms. The van der Waals surface area contributed by atoms with Crippen molar-refractivity contribution in [3.05, 3.63) is 52.0 Å². The van der Waals surface area contributed by atoms with E-state index in [4.69, 9.17) is 9.47 Å². The molecule has 29 heavy (non-hydrogen) atoms. The number of sulfonamides is 1. The van der Waals surface area contributed by atoms with E-state index in [0.717, 1.165) is 14.3 Å². The van der Waals surface area contributed by atoms with E-state index >= 15 is 0 Å². The summed E-state index contributed by atoms with van der Waals surface area (Å²) in [6.07, 6.45) is 0. The summed E-state index contributed by atoms with van der Waals surface area (Å²) in [7, 11) is 0.730. The van der Waals surface area contributed by atoms with Gasteiger partial charge in [-0.1, -0.05) is 28.1 Å². The molecule has 0 aliphatic heterocycles. The van der Waals surface area contributed by atoms with Gasteiger partial charge >= 0.3 is 0 Å². The lowest BCUT2D eigenvalue weighted by Crippen LogP contribution is -2.32. The van der Waals surface area contributed by atoms with Gasteiger partial charge in [0.15, 0.2) is 11.5 Å². The summed E-state index contributed by atoms with van der Waals surface area (Å²) >= 11 is 3.39. The number of hydrogen-bond donors (Lipinski definition) is 1. The van der Waals surface area contributed by atoms with Crippen LogP contribution in [0.5, 0.6) is 11.5 Å². The van der Waals surface area contributed by atoms with Gasteiger partial charge in [0.05, 0.1) is 37.3 Å². The van der Waals surface area contributed by atoms with Crippen LogP contribution < -0.4 is 19.1 Å². The number of benzene rings is 2. The first-order valence-electron chi connectivity index (χ1n) is 8.93. The Hall–Kier alpha value is -2.26. The zero-order valence-corrected chi connectivity index (χ0v) is 19.4. The van der Waals surface area contributed by atoms with Crippen LogP contribution in [-0.4, -0.2) is 41.3 Å². The Morgan fingerprint density at radius 2 is 1.69 bits per heavy atom. The van der Waals surface area contributed by atoms with E-state index in [1.54, 1.807) is 6.92 Å². The minimum atomic E-state index is -3.59. The number of carbonyl (C=O) groups excluding carboxylic acids is 1. The molecule has 9 heteroatoms. The van der Waals surface area contributed by atoms with Crippen LogP contribution in [0.25, 0.3) is 0 Å². The highest BCUT2D eigenvalue weighted by Gasteiger charge is 2.25. The van der Waals surface area contributed by atoms with Crippen LogP contribution in [0, 0.1) is 0 Å². The Morgan fingerprint density at radius 1 is 1.14 bits per heavy atom. The second kappa shape index (κ2) is 9.49. The number of halogens is 1. The molecular weight excluding hydrogens is 460 g/mol. The monoisotopic (exact) mass is 484 g/mol. The van der Waals surface area contributed by atoms with Gasteiger partial charge in [0.1, 0.15) is 0 Å². The molecule has 0 aliphatic rings. The molecule has 0 heterocycles. The summed E-state index contributed by atoms with van der Waals surface area (Å²) in [4.78, 5) is 13.1. The molecule has 0 radical (unpaired) electrons. The Kier molecular flexibility index (Phi) is 7.54. The van der Waals surface area contributed by atoms with Crippen molar-refractivity contribution in [2.45, 2.75) is 19.9 Å². The summed E-state index contributed by atoms with van der Waals surface area (Å²) < 4.78 is 37.5. The van der Waals surface area contributed by atoms with Crippen molar-refractivity contribution in [1.82, 2.24) is 5.32 Å². The smallest absolute Gasteiger partial charge is 0.254 e. The van der Waals surface area contributed by atoms with Crippen LogP contribution in [0.4, 0.5) is 5.69 Å². The van der Waals surface area contributed by atoms with E-state index in [9.17, 15) is 13.2 Å². The standard InChI is InChI=1S/C20H25BrN2O5S/c1-6-29(25,26)23(3)17-12-19(28-5)18(27-4)11-16(17)20(24)22-13(2)14-7-9-15(21)10-8-14/h7-13H,6H2,1-5H3,(H,22,24)/t13-/m0/s1. The van der Waals surface area contributed by atoms with E-state index in [1.807, 2.05) is 31.2 Å². The summed E-state index contributed by atoms with van der Waals surface area (Å²) in [6.45, 7) is 3.40. The molecule has 7 nitrogen and oxygen atoms in total. The summed E-state index contributed by atoms with van der Waals surface area (Å²) in [5.74, 6) is 0.140. The number of anilines is 1. The number of methoxy groups -OCH3 is 2. The Balaban J connectivity index is 2.48. The van der Waals surface area contributed by atoms with Gasteiger partial charge in [-0.05, 0) is 37.6 Å². The SMILES string of the molecule is CCS(=O)(=O)N(C)c1cc(OC)c(OC)cc1C(=O)N[C@@H](C)c1ccc(Br)cc1. The predicted molar refractivity (Wildman–Crippen MR) is 117 cm³/mol. The van der Waals surface area contributed by atoms with Gasteiger partial charge in [-0.15, -0.1) is 0 Å². The number of ether oxygens (including phenoxy) is 2. The summed E-state index contributed by atoms with van der Waals surface area (Å²) in [5.41, 5.74) is 1.30. The van der Waals surface area contributed by atoms with Crippen molar-refractivity contribution in [3.8, 4) is 11.5 Å². The van der Waals surface area contributed by atoms with Crippen molar-refractivity contribution in [1.29, 1.82) is 0 Å². The molecule has 1 atom stereocenters. The normalized spacial score (nSPS) is 12.2. The first-order chi connectivity index (χ1) is 13.6. The van der Waals surface area contributed by atoms with Crippen molar-refractivity contribution in [3.63, 3.8) is 0 Å². The summed E-state index contributed by atoms with van der Waals surface area (Å²) in [6, 6.07) is 10.3. The van der Waals surface area contributed by atoms with Gasteiger partial charge < -0.3 is 14.8 Å². The molecule has 158 valence electrons. The fourth-order valence-corrected chi connectivity index (χ4v) is 3.87. The second-order valence-corrected chi connectivity index (χ2v) is 9.54. The lowest BCUT2D eigenvalue weighted by atomic mass is 10.1. The molecule has 2 aromatic carbocycles. The van der Waals surface area contributed by atoms with Crippen molar-refractivity contribution < 1.29 is 22.7 Å². The third kappa shape index (κ3) is 5.22. The van der Waals surface area contributed by atoms with Crippen molar-refractivity contribution >= 4 is 37.5 Å². The van der Waals surface area contributed by atoms with Crippen LogP contribution in [-0.2, 0) is 10.0 Å². The number of carbonyl (C=O) groups is 1. The van der Waals surface area contributed by atoms with Gasteiger partial charge in [0.2, 0.25) is 10.0 Å². The average Bonchev–Trinajstić information content (AvgIpc) is 2.72. The lowest BCUT2D eigenvalue weighted by molar-refractivity contribution is 0.0940. The molecule has 1 amide bonds. The largest absolute Gasteiger partial charge is 0.493 e. The molecule has 0 saturated heterocycles. The first-order valence-corrected chi connectivity index (χ1v) is 11.3. The third-order valence-electron chi connectivity index (χ3n) is 4.59. The number of amides is 1. The molecular formula is C20H25BrN2O5S. The highest BCUT2D eigenvalue weighted by Crippen LogP contribution is 2.36. The zero-order valence-electron chi connectivity index (χ0n) is 17.0. The maximum Gasteiger partial charge on any atom is 0.254 e. The molecule has 0 saturated carbocycles. The highest BCUT2D eigenvalue weighted by molar-refractivity contribution is 9.10. The number of rotatable bonds is 8. The van der Waals surface area contributed by atoms with Crippen molar-refractivity contribution in [2.75, 3.05) is 31.3 Å². The number of nitrogens with one attached hydrogen (secondary N) is 1. The van der Waals surface area contributed by atoms with Crippen LogP contribution in [0.15, 0.2) is 40.9 Å². The molecule has 0 aliphatic carbocycles. The molecule has 0 spiro atoms. The van der Waals surface area contributed by atoms with Crippen LogP contribution in [0.2, 0.25) is 0 Å². The van der Waals surface area contributed by atoms with Gasteiger partial charge in [0.25, 0.3) is 5.91 Å². The van der Waals surface area contributed by atoms with Gasteiger partial charge in [-0.25, -0.2) is 8.42 Å². The van der Waals surface area contributed by atoms with Crippen LogP contribution in [0.3, 0.4) is 0 Å². The molecule has 0 unspecified atom stereocenters. The molecule has 0 aromatic heterocycles. The molecule has 0 fully saturated rings. The Morgan fingerprint density at radius 3 is 2.21 bits per heavy atom. The van der Waals surface area contributed by atoms with Gasteiger partial charge in [0, 0.05) is 17.6 Å². The Bertz CT molecular complexity index is 977. The minimum absolute atomic E-state index is 0.103. The van der Waals surface area contributed by atoms with Crippen LogP contribution in [0.1, 0.15) is 35.8 Å². The Labute approximate surface area is 180 Å². The molecule has 2 rings (SSSR count). The van der Waals surface area contributed by atoms with E-state index in [1.165, 1.54) is 33.4 Å². The third-order valence-corrected chi connectivity index (χ3v) is 6.87. The topological polar surface area (TPSA) is 84.9 Å². The maximum atomic E-state index is 13.1. The first kappa shape index (κ1) is 23.0. The van der Waals surface area contributed by atoms with E-state index < -0.39 is 15.9 Å². The average molecular weight is 485 g/mol. The number of hydrogen-bond acceptors (Lipinski definition) is 5. The minimum Gasteiger partial charge on any atom is -0.493 e. The van der Waals surface area contributed by atoms with E-state index in [0.29, 0.717) is 11.5 Å². The molecule has 2 aromatic rings. The second-order valence-electron chi connectivity index (χ2n) is 6.34. The lowest BCUT2D eigenvalue weighted by Gasteiger charge is -2.24. The fourth-order valence-electron chi connectivity index (χ4n) is 2.76. The quantitative estimate of drug-likeness (QED) is 0.616. The van der Waals surface area contributed by atoms with Crippen molar-refractivity contribution in [2.24, 2.45) is 0 Å². The molecule has 1 N–H and O–H groups in total. The van der Waals surface area contributed by atoms with E-state index in [2.05, 4.69) is 21.2 Å². The maximum absolute atomic E-state index is 13.1. The van der Waals surface area contributed by atoms with E-state index in [-0.39, 0.29) is 23.0 Å².